The third kappa shape index (κ3) is 2.23. The standard InChI is InChI=1S/C15H30OSi/c1-14(2,3)17(5,6)16-13-10-9-12-8-7-11-15(12,13)4/h12-13H,7-11H2,1-6H3. The molecule has 3 atom stereocenters. The van der Waals surface area contributed by atoms with E-state index in [4.69, 9.17) is 4.43 Å². The van der Waals surface area contributed by atoms with Gasteiger partial charge in [0.05, 0.1) is 6.10 Å². The predicted molar refractivity (Wildman–Crippen MR) is 76.8 cm³/mol. The van der Waals surface area contributed by atoms with Crippen LogP contribution in [0.25, 0.3) is 0 Å². The second-order valence-electron chi connectivity index (χ2n) is 8.04. The molecule has 0 heterocycles. The summed E-state index contributed by atoms with van der Waals surface area (Å²) in [5.74, 6) is 0.956. The maximum absolute atomic E-state index is 6.72. The summed E-state index contributed by atoms with van der Waals surface area (Å²) in [5.41, 5.74) is 0.509. The highest BCUT2D eigenvalue weighted by Gasteiger charge is 2.52. The normalized spacial score (nSPS) is 38.5. The summed E-state index contributed by atoms with van der Waals surface area (Å²) >= 11 is 0. The van der Waals surface area contributed by atoms with Gasteiger partial charge in [-0.05, 0) is 55.1 Å². The molecule has 1 nitrogen and oxygen atoms in total. The second-order valence-corrected chi connectivity index (χ2v) is 12.8. The van der Waals surface area contributed by atoms with Gasteiger partial charge < -0.3 is 4.43 Å². The van der Waals surface area contributed by atoms with Gasteiger partial charge in [-0.15, -0.1) is 0 Å². The van der Waals surface area contributed by atoms with E-state index in [9.17, 15) is 0 Å². The topological polar surface area (TPSA) is 9.23 Å². The summed E-state index contributed by atoms with van der Waals surface area (Å²) in [5, 5.41) is 0.347. The molecule has 2 saturated carbocycles. The molecule has 2 heteroatoms. The van der Waals surface area contributed by atoms with Crippen LogP contribution in [0.1, 0.15) is 59.8 Å². The molecule has 0 aromatic carbocycles. The molecular formula is C15H30OSi. The SMILES string of the molecule is CC12CCCC1CCC2O[Si](C)(C)C(C)(C)C. The zero-order valence-corrected chi connectivity index (χ0v) is 13.6. The fraction of sp³-hybridized carbons (Fsp3) is 1.00. The Bertz CT molecular complexity index is 292. The fourth-order valence-corrected chi connectivity index (χ4v) is 5.02. The third-order valence-electron chi connectivity index (χ3n) is 5.96. The molecule has 2 rings (SSSR count). The summed E-state index contributed by atoms with van der Waals surface area (Å²) in [7, 11) is -1.58. The Labute approximate surface area is 108 Å². The van der Waals surface area contributed by atoms with E-state index in [1.54, 1.807) is 0 Å². The van der Waals surface area contributed by atoms with Crippen LogP contribution in [0, 0.1) is 11.3 Å². The van der Waals surface area contributed by atoms with Gasteiger partial charge in [0.25, 0.3) is 0 Å². The summed E-state index contributed by atoms with van der Waals surface area (Å²) in [6, 6.07) is 0. The Morgan fingerprint density at radius 1 is 1.12 bits per heavy atom. The van der Waals surface area contributed by atoms with Crippen LogP contribution in [-0.2, 0) is 4.43 Å². The Hall–Kier alpha value is 0.177. The molecule has 3 unspecified atom stereocenters. The smallest absolute Gasteiger partial charge is 0.192 e. The van der Waals surface area contributed by atoms with Crippen LogP contribution in [0.4, 0.5) is 0 Å². The lowest BCUT2D eigenvalue weighted by molar-refractivity contribution is 0.0629. The number of hydrogen-bond acceptors (Lipinski definition) is 1. The van der Waals surface area contributed by atoms with E-state index in [0.29, 0.717) is 16.6 Å². The van der Waals surface area contributed by atoms with E-state index in [-0.39, 0.29) is 0 Å². The minimum atomic E-state index is -1.58. The highest BCUT2D eigenvalue weighted by atomic mass is 28.4. The van der Waals surface area contributed by atoms with Gasteiger partial charge >= 0.3 is 0 Å². The Morgan fingerprint density at radius 3 is 2.35 bits per heavy atom. The Morgan fingerprint density at radius 2 is 1.76 bits per heavy atom. The van der Waals surface area contributed by atoms with Crippen LogP contribution in [0.2, 0.25) is 18.1 Å². The molecule has 0 spiro atoms. The number of rotatable bonds is 2. The van der Waals surface area contributed by atoms with Crippen molar-refractivity contribution in [2.24, 2.45) is 11.3 Å². The van der Waals surface area contributed by atoms with Crippen molar-refractivity contribution in [2.75, 3.05) is 0 Å². The van der Waals surface area contributed by atoms with Gasteiger partial charge in [0, 0.05) is 0 Å². The van der Waals surface area contributed by atoms with Crippen molar-refractivity contribution < 1.29 is 4.43 Å². The van der Waals surface area contributed by atoms with Crippen molar-refractivity contribution in [1.82, 2.24) is 0 Å². The van der Waals surface area contributed by atoms with Gasteiger partial charge in [0.15, 0.2) is 8.32 Å². The molecule has 0 aromatic heterocycles. The van der Waals surface area contributed by atoms with E-state index in [1.165, 1.54) is 32.1 Å². The largest absolute Gasteiger partial charge is 0.413 e. The van der Waals surface area contributed by atoms with Crippen LogP contribution in [0.15, 0.2) is 0 Å². The van der Waals surface area contributed by atoms with E-state index in [1.807, 2.05) is 0 Å². The lowest BCUT2D eigenvalue weighted by atomic mass is 9.81. The number of fused-ring (bicyclic) bond motifs is 1. The number of hydrogen-bond donors (Lipinski definition) is 0. The Balaban J connectivity index is 2.10. The minimum Gasteiger partial charge on any atom is -0.413 e. The van der Waals surface area contributed by atoms with Crippen molar-refractivity contribution in [3.8, 4) is 0 Å². The first-order valence-electron chi connectivity index (χ1n) is 7.35. The molecule has 0 aliphatic heterocycles. The fourth-order valence-electron chi connectivity index (χ4n) is 3.57. The van der Waals surface area contributed by atoms with Crippen LogP contribution in [0.3, 0.4) is 0 Å². The van der Waals surface area contributed by atoms with Crippen molar-refractivity contribution in [3.05, 3.63) is 0 Å². The minimum absolute atomic E-state index is 0.347. The van der Waals surface area contributed by atoms with Gasteiger partial charge in [-0.3, -0.25) is 0 Å². The molecule has 2 aliphatic carbocycles. The summed E-state index contributed by atoms with van der Waals surface area (Å²) in [6.07, 6.45) is 7.56. The third-order valence-corrected chi connectivity index (χ3v) is 10.4. The van der Waals surface area contributed by atoms with Crippen LogP contribution in [0.5, 0.6) is 0 Å². The van der Waals surface area contributed by atoms with Crippen LogP contribution >= 0.6 is 0 Å². The molecule has 0 saturated heterocycles. The molecule has 2 aliphatic rings. The molecular weight excluding hydrogens is 224 g/mol. The quantitative estimate of drug-likeness (QED) is 0.632. The lowest BCUT2D eigenvalue weighted by Crippen LogP contribution is -2.47. The van der Waals surface area contributed by atoms with Crippen LogP contribution in [-0.4, -0.2) is 14.4 Å². The Kier molecular flexibility index (Phi) is 3.27. The average molecular weight is 254 g/mol. The predicted octanol–water partition coefficient (Wildman–Crippen LogP) is 4.98. The second kappa shape index (κ2) is 4.09. The molecule has 100 valence electrons. The van der Waals surface area contributed by atoms with Crippen LogP contribution < -0.4 is 0 Å². The lowest BCUT2D eigenvalue weighted by Gasteiger charge is -2.43. The molecule has 2 fully saturated rings. The molecule has 0 amide bonds. The average Bonchev–Trinajstić information content (AvgIpc) is 2.64. The summed E-state index contributed by atoms with van der Waals surface area (Å²) in [4.78, 5) is 0. The van der Waals surface area contributed by atoms with Crippen molar-refractivity contribution in [3.63, 3.8) is 0 Å². The van der Waals surface area contributed by atoms with E-state index >= 15 is 0 Å². The molecule has 0 radical (unpaired) electrons. The van der Waals surface area contributed by atoms with Crippen molar-refractivity contribution in [2.45, 2.75) is 84.0 Å². The summed E-state index contributed by atoms with van der Waals surface area (Å²) in [6.45, 7) is 14.3. The van der Waals surface area contributed by atoms with Crippen molar-refractivity contribution in [1.29, 1.82) is 0 Å². The molecule has 0 N–H and O–H groups in total. The van der Waals surface area contributed by atoms with Gasteiger partial charge in [0.2, 0.25) is 0 Å². The molecule has 0 bridgehead atoms. The first-order chi connectivity index (χ1) is 7.67. The van der Waals surface area contributed by atoms with Gasteiger partial charge in [0.1, 0.15) is 0 Å². The van der Waals surface area contributed by atoms with Gasteiger partial charge in [-0.1, -0.05) is 34.1 Å². The molecule has 0 aromatic rings. The van der Waals surface area contributed by atoms with Gasteiger partial charge in [-0.2, -0.15) is 0 Å². The molecule has 17 heavy (non-hydrogen) atoms. The zero-order chi connectivity index (χ0) is 12.9. The van der Waals surface area contributed by atoms with E-state index in [2.05, 4.69) is 40.8 Å². The highest BCUT2D eigenvalue weighted by Crippen LogP contribution is 2.56. The first kappa shape index (κ1) is 13.6. The van der Waals surface area contributed by atoms with Crippen molar-refractivity contribution >= 4 is 8.32 Å². The first-order valence-corrected chi connectivity index (χ1v) is 10.3. The van der Waals surface area contributed by atoms with E-state index in [0.717, 1.165) is 5.92 Å². The zero-order valence-electron chi connectivity index (χ0n) is 12.6. The summed E-state index contributed by atoms with van der Waals surface area (Å²) < 4.78 is 6.72. The maximum Gasteiger partial charge on any atom is 0.192 e. The van der Waals surface area contributed by atoms with E-state index < -0.39 is 8.32 Å². The van der Waals surface area contributed by atoms with Gasteiger partial charge in [-0.25, -0.2) is 0 Å². The monoisotopic (exact) mass is 254 g/mol. The maximum atomic E-state index is 6.72. The highest BCUT2D eigenvalue weighted by molar-refractivity contribution is 6.74.